The number of hydrogen-bond donors (Lipinski definition) is 1. The molecule has 1 aromatic carbocycles. The molecule has 0 radical (unpaired) electrons. The van der Waals surface area contributed by atoms with E-state index in [1.165, 1.54) is 24.1 Å². The first-order chi connectivity index (χ1) is 5.75. The van der Waals surface area contributed by atoms with Gasteiger partial charge in [-0.25, -0.2) is 0 Å². The summed E-state index contributed by atoms with van der Waals surface area (Å²) in [7, 11) is 0. The Morgan fingerprint density at radius 3 is 3.17 bits per heavy atom. The lowest BCUT2D eigenvalue weighted by atomic mass is 9.99. The van der Waals surface area contributed by atoms with E-state index in [9.17, 15) is 0 Å². The smallest absolute Gasteiger partial charge is 0.0386 e. The van der Waals surface area contributed by atoms with Crippen molar-refractivity contribution in [3.63, 3.8) is 0 Å². The molecule has 0 saturated heterocycles. The van der Waals surface area contributed by atoms with Crippen LogP contribution in [0.3, 0.4) is 0 Å². The first-order valence-electron chi connectivity index (χ1n) is 4.30. The largest absolute Gasteiger partial charge is 0.382 e. The van der Waals surface area contributed by atoms with Crippen LogP contribution in [0.5, 0.6) is 0 Å². The summed E-state index contributed by atoms with van der Waals surface area (Å²) >= 11 is 3.47. The van der Waals surface area contributed by atoms with E-state index in [4.69, 9.17) is 0 Å². The van der Waals surface area contributed by atoms with Crippen LogP contribution in [0.25, 0.3) is 0 Å². The van der Waals surface area contributed by atoms with Gasteiger partial charge in [-0.05, 0) is 37.5 Å². The van der Waals surface area contributed by atoms with Crippen LogP contribution in [-0.4, -0.2) is 6.04 Å². The van der Waals surface area contributed by atoms with Crippen molar-refractivity contribution in [3.05, 3.63) is 28.2 Å². The number of halogens is 1. The zero-order valence-corrected chi connectivity index (χ0v) is 8.69. The van der Waals surface area contributed by atoms with Crippen molar-refractivity contribution in [2.75, 3.05) is 5.32 Å². The van der Waals surface area contributed by atoms with Crippen LogP contribution in [0, 0.1) is 0 Å². The second-order valence-corrected chi connectivity index (χ2v) is 4.30. The molecule has 0 saturated carbocycles. The summed E-state index contributed by atoms with van der Waals surface area (Å²) in [5.74, 6) is 0. The first-order valence-corrected chi connectivity index (χ1v) is 5.10. The van der Waals surface area contributed by atoms with Gasteiger partial charge < -0.3 is 5.32 Å². The van der Waals surface area contributed by atoms with Gasteiger partial charge in [0.25, 0.3) is 0 Å². The predicted molar refractivity (Wildman–Crippen MR) is 55.5 cm³/mol. The summed E-state index contributed by atoms with van der Waals surface area (Å²) in [5.41, 5.74) is 2.74. The molecule has 1 N–H and O–H groups in total. The number of fused-ring (bicyclic) bond motifs is 1. The maximum absolute atomic E-state index is 3.47. The molecular weight excluding hydrogens is 214 g/mol. The average Bonchev–Trinajstić information content (AvgIpc) is 2.03. The minimum absolute atomic E-state index is 0.617. The molecule has 64 valence electrons. The Hall–Kier alpha value is -0.500. The first kappa shape index (κ1) is 8.11. The van der Waals surface area contributed by atoms with Gasteiger partial charge in [0.2, 0.25) is 0 Å². The lowest BCUT2D eigenvalue weighted by Crippen LogP contribution is -2.21. The van der Waals surface area contributed by atoms with E-state index in [1.54, 1.807) is 0 Å². The molecule has 2 rings (SSSR count). The van der Waals surface area contributed by atoms with Crippen LogP contribution < -0.4 is 5.32 Å². The van der Waals surface area contributed by atoms with Crippen LogP contribution in [0.15, 0.2) is 22.7 Å². The highest BCUT2D eigenvalue weighted by molar-refractivity contribution is 9.10. The molecule has 0 fully saturated rings. The Labute approximate surface area is 81.3 Å². The Kier molecular flexibility index (Phi) is 2.09. The van der Waals surface area contributed by atoms with Gasteiger partial charge >= 0.3 is 0 Å². The Morgan fingerprint density at radius 1 is 1.50 bits per heavy atom. The normalized spacial score (nSPS) is 21.3. The summed E-state index contributed by atoms with van der Waals surface area (Å²) in [5, 5.41) is 3.47. The highest BCUT2D eigenvalue weighted by Gasteiger charge is 2.13. The standard InChI is InChI=1S/C10H12BrN/c1-7-2-3-8-4-5-9(11)6-10(8)12-7/h4-7,12H,2-3H2,1H3/t7-/m1/s1. The van der Waals surface area contributed by atoms with Crippen molar-refractivity contribution in [2.45, 2.75) is 25.8 Å². The van der Waals surface area contributed by atoms with Crippen LogP contribution in [0.4, 0.5) is 5.69 Å². The van der Waals surface area contributed by atoms with Crippen LogP contribution >= 0.6 is 15.9 Å². The number of aryl methyl sites for hydroxylation is 1. The van der Waals surface area contributed by atoms with E-state index in [2.05, 4.69) is 46.4 Å². The summed E-state index contributed by atoms with van der Waals surface area (Å²) in [6, 6.07) is 7.08. The number of hydrogen-bond acceptors (Lipinski definition) is 1. The van der Waals surface area contributed by atoms with Gasteiger partial charge in [0, 0.05) is 16.2 Å². The van der Waals surface area contributed by atoms with Crippen molar-refractivity contribution in [3.8, 4) is 0 Å². The Bertz CT molecular complexity index is 296. The molecule has 0 spiro atoms. The number of nitrogens with one attached hydrogen (secondary N) is 1. The summed E-state index contributed by atoms with van der Waals surface area (Å²) in [6.07, 6.45) is 2.45. The second kappa shape index (κ2) is 3.09. The molecule has 1 nitrogen and oxygen atoms in total. The minimum Gasteiger partial charge on any atom is -0.382 e. The highest BCUT2D eigenvalue weighted by atomic mass is 79.9. The molecule has 1 atom stereocenters. The van der Waals surface area contributed by atoms with E-state index in [0.29, 0.717) is 6.04 Å². The topological polar surface area (TPSA) is 12.0 Å². The van der Waals surface area contributed by atoms with Gasteiger partial charge in [-0.2, -0.15) is 0 Å². The lowest BCUT2D eigenvalue weighted by Gasteiger charge is -2.24. The van der Waals surface area contributed by atoms with Gasteiger partial charge in [0.05, 0.1) is 0 Å². The lowest BCUT2D eigenvalue weighted by molar-refractivity contribution is 0.681. The van der Waals surface area contributed by atoms with Gasteiger partial charge in [0.1, 0.15) is 0 Å². The number of rotatable bonds is 0. The van der Waals surface area contributed by atoms with E-state index < -0.39 is 0 Å². The zero-order valence-electron chi connectivity index (χ0n) is 7.10. The van der Waals surface area contributed by atoms with E-state index in [0.717, 1.165) is 4.47 Å². The van der Waals surface area contributed by atoms with Crippen LogP contribution in [-0.2, 0) is 6.42 Å². The maximum atomic E-state index is 3.47. The molecule has 0 amide bonds. The highest BCUT2D eigenvalue weighted by Crippen LogP contribution is 2.27. The molecule has 2 heteroatoms. The van der Waals surface area contributed by atoms with Gasteiger partial charge in [-0.3, -0.25) is 0 Å². The SMILES string of the molecule is C[C@@H]1CCc2ccc(Br)cc2N1. The van der Waals surface area contributed by atoms with Crippen molar-refractivity contribution >= 4 is 21.6 Å². The van der Waals surface area contributed by atoms with Crippen LogP contribution in [0.1, 0.15) is 18.9 Å². The quantitative estimate of drug-likeness (QED) is 0.716. The molecule has 1 aliphatic rings. The van der Waals surface area contributed by atoms with Gasteiger partial charge in [-0.15, -0.1) is 0 Å². The number of benzene rings is 1. The van der Waals surface area contributed by atoms with Crippen LogP contribution in [0.2, 0.25) is 0 Å². The van der Waals surface area contributed by atoms with Crippen molar-refractivity contribution < 1.29 is 0 Å². The fourth-order valence-corrected chi connectivity index (χ4v) is 1.97. The molecule has 0 aromatic heterocycles. The third-order valence-corrected chi connectivity index (χ3v) is 2.81. The van der Waals surface area contributed by atoms with E-state index in [-0.39, 0.29) is 0 Å². The van der Waals surface area contributed by atoms with Crippen molar-refractivity contribution in [1.82, 2.24) is 0 Å². The second-order valence-electron chi connectivity index (χ2n) is 3.39. The summed E-state index contributed by atoms with van der Waals surface area (Å²) in [6.45, 7) is 2.23. The number of anilines is 1. The molecule has 0 unspecified atom stereocenters. The Morgan fingerprint density at radius 2 is 2.33 bits per heavy atom. The summed E-state index contributed by atoms with van der Waals surface area (Å²) in [4.78, 5) is 0. The fraction of sp³-hybridized carbons (Fsp3) is 0.400. The van der Waals surface area contributed by atoms with E-state index >= 15 is 0 Å². The monoisotopic (exact) mass is 225 g/mol. The van der Waals surface area contributed by atoms with Crippen molar-refractivity contribution in [2.24, 2.45) is 0 Å². The minimum atomic E-state index is 0.617. The maximum Gasteiger partial charge on any atom is 0.0386 e. The van der Waals surface area contributed by atoms with Gasteiger partial charge in [-0.1, -0.05) is 22.0 Å². The average molecular weight is 226 g/mol. The molecule has 0 aliphatic carbocycles. The zero-order chi connectivity index (χ0) is 8.55. The molecule has 1 aliphatic heterocycles. The predicted octanol–water partition coefficient (Wildman–Crippen LogP) is 3.20. The summed E-state index contributed by atoms with van der Waals surface area (Å²) < 4.78 is 1.16. The van der Waals surface area contributed by atoms with Gasteiger partial charge in [0.15, 0.2) is 0 Å². The molecule has 0 bridgehead atoms. The fourth-order valence-electron chi connectivity index (χ4n) is 1.61. The molecule has 1 aromatic rings. The Balaban J connectivity index is 2.37. The van der Waals surface area contributed by atoms with Crippen molar-refractivity contribution in [1.29, 1.82) is 0 Å². The molecule has 12 heavy (non-hydrogen) atoms. The molecule has 1 heterocycles. The third kappa shape index (κ3) is 1.48. The molecular formula is C10H12BrN. The van der Waals surface area contributed by atoms with E-state index in [1.807, 2.05) is 0 Å². The third-order valence-electron chi connectivity index (χ3n) is 2.32.